The maximum atomic E-state index is 13.3. The number of halogens is 1. The topological polar surface area (TPSA) is 80.5 Å². The lowest BCUT2D eigenvalue weighted by Gasteiger charge is -2.35. The predicted octanol–water partition coefficient (Wildman–Crippen LogP) is 6.10. The Labute approximate surface area is 208 Å². The molecule has 7 nitrogen and oxygen atoms in total. The highest BCUT2D eigenvalue weighted by molar-refractivity contribution is 6.30. The van der Waals surface area contributed by atoms with Crippen molar-refractivity contribution in [2.45, 2.75) is 19.5 Å². The van der Waals surface area contributed by atoms with E-state index in [1.54, 1.807) is 24.1 Å². The number of carbonyl (C=O) groups excluding carboxylic acids is 1. The van der Waals surface area contributed by atoms with Gasteiger partial charge in [-0.25, -0.2) is 4.79 Å². The summed E-state index contributed by atoms with van der Waals surface area (Å²) >= 11 is 6.03. The van der Waals surface area contributed by atoms with E-state index in [9.17, 15) is 4.79 Å². The summed E-state index contributed by atoms with van der Waals surface area (Å²) in [5.74, 6) is 1.46. The van der Waals surface area contributed by atoms with Crippen molar-refractivity contribution in [2.24, 2.45) is 0 Å². The molecule has 3 aromatic carbocycles. The molecular weight excluding hydrogens is 464 g/mol. The predicted molar refractivity (Wildman–Crippen MR) is 134 cm³/mol. The lowest BCUT2D eigenvalue weighted by atomic mass is 9.94. The summed E-state index contributed by atoms with van der Waals surface area (Å²) in [6.07, 6.45) is 0. The maximum absolute atomic E-state index is 13.3. The van der Waals surface area contributed by atoms with Crippen LogP contribution in [-0.2, 0) is 6.54 Å². The Morgan fingerprint density at radius 1 is 1.06 bits per heavy atom. The lowest BCUT2D eigenvalue weighted by molar-refractivity contribution is 0.203. The molecule has 4 aromatic rings. The molecule has 1 unspecified atom stereocenters. The van der Waals surface area contributed by atoms with E-state index in [1.807, 2.05) is 73.7 Å². The average Bonchev–Trinajstić information content (AvgIpc) is 3.37. The number of nitrogens with zero attached hydrogens (tertiary/aromatic N) is 3. The molecule has 1 atom stereocenters. The van der Waals surface area contributed by atoms with E-state index in [0.29, 0.717) is 29.0 Å². The Kier molecular flexibility index (Phi) is 6.25. The van der Waals surface area contributed by atoms with Gasteiger partial charge in [-0.3, -0.25) is 4.90 Å². The number of benzene rings is 3. The van der Waals surface area contributed by atoms with Crippen LogP contribution in [0.5, 0.6) is 5.75 Å². The Bertz CT molecular complexity index is 1380. The second-order valence-electron chi connectivity index (χ2n) is 8.16. The normalized spacial score (nSPS) is 15.8. The number of methoxy groups -OCH3 is 1. The molecule has 1 N–H and O–H groups in total. The van der Waals surface area contributed by atoms with Crippen molar-refractivity contribution in [3.8, 4) is 17.1 Å². The molecule has 0 aliphatic carbocycles. The van der Waals surface area contributed by atoms with Crippen molar-refractivity contribution >= 4 is 23.2 Å². The van der Waals surface area contributed by atoms with Gasteiger partial charge < -0.3 is 14.6 Å². The number of carbonyl (C=O) groups is 1. The van der Waals surface area contributed by atoms with E-state index in [0.717, 1.165) is 28.0 Å². The van der Waals surface area contributed by atoms with Crippen LogP contribution in [0.3, 0.4) is 0 Å². The first-order valence-electron chi connectivity index (χ1n) is 11.1. The van der Waals surface area contributed by atoms with Crippen LogP contribution in [0.1, 0.15) is 30.0 Å². The molecule has 0 saturated carbocycles. The minimum absolute atomic E-state index is 0.208. The molecule has 1 aromatic heterocycles. The maximum Gasteiger partial charge on any atom is 0.322 e. The van der Waals surface area contributed by atoms with Crippen molar-refractivity contribution in [3.63, 3.8) is 0 Å². The third kappa shape index (κ3) is 4.63. The van der Waals surface area contributed by atoms with Crippen molar-refractivity contribution in [1.29, 1.82) is 0 Å². The Morgan fingerprint density at radius 3 is 2.57 bits per heavy atom. The summed E-state index contributed by atoms with van der Waals surface area (Å²) in [6, 6.07) is 23.9. The van der Waals surface area contributed by atoms with Crippen molar-refractivity contribution in [1.82, 2.24) is 20.4 Å². The molecule has 8 heteroatoms. The highest BCUT2D eigenvalue weighted by atomic mass is 35.5. The van der Waals surface area contributed by atoms with Crippen molar-refractivity contribution in [2.75, 3.05) is 7.11 Å². The highest BCUT2D eigenvalue weighted by Crippen LogP contribution is 2.38. The minimum atomic E-state index is -0.497. The first-order chi connectivity index (χ1) is 17.0. The molecule has 2 amide bonds. The van der Waals surface area contributed by atoms with Gasteiger partial charge in [0.05, 0.1) is 25.3 Å². The fraction of sp³-hybridized carbons (Fsp3) is 0.148. The number of hydrogen-bond acceptors (Lipinski definition) is 5. The second kappa shape index (κ2) is 9.64. The van der Waals surface area contributed by atoms with Gasteiger partial charge in [0.15, 0.2) is 0 Å². The van der Waals surface area contributed by atoms with E-state index in [-0.39, 0.29) is 6.03 Å². The van der Waals surface area contributed by atoms with E-state index in [4.69, 9.17) is 20.9 Å². The molecule has 0 saturated heterocycles. The standard InChI is InChI=1S/C27H23ClN4O3/c1-17-23(26-30-25(31-35-26)19-11-13-21(28)14-12-19)24(20-9-6-10-22(15-20)34-2)29-27(33)32(17)16-18-7-4-3-5-8-18/h3-15,24H,16H2,1-2H3,(H,29,33). The van der Waals surface area contributed by atoms with Gasteiger partial charge in [-0.15, -0.1) is 0 Å². The molecule has 1 aliphatic heterocycles. The Hall–Kier alpha value is -4.10. The summed E-state index contributed by atoms with van der Waals surface area (Å²) in [4.78, 5) is 19.6. The van der Waals surface area contributed by atoms with Gasteiger partial charge in [0.25, 0.3) is 5.89 Å². The van der Waals surface area contributed by atoms with Crippen molar-refractivity contribution < 1.29 is 14.1 Å². The number of amides is 2. The smallest absolute Gasteiger partial charge is 0.322 e. The molecule has 0 fully saturated rings. The highest BCUT2D eigenvalue weighted by Gasteiger charge is 2.36. The summed E-state index contributed by atoms with van der Waals surface area (Å²) in [5.41, 5.74) is 4.09. The van der Waals surface area contributed by atoms with Gasteiger partial charge in [0.1, 0.15) is 5.75 Å². The van der Waals surface area contributed by atoms with Gasteiger partial charge in [0.2, 0.25) is 5.82 Å². The fourth-order valence-electron chi connectivity index (χ4n) is 4.13. The summed E-state index contributed by atoms with van der Waals surface area (Å²) in [6.45, 7) is 2.31. The molecule has 35 heavy (non-hydrogen) atoms. The van der Waals surface area contributed by atoms with Gasteiger partial charge in [0, 0.05) is 16.3 Å². The zero-order valence-corrected chi connectivity index (χ0v) is 20.0. The summed E-state index contributed by atoms with van der Waals surface area (Å²) in [5, 5.41) is 7.94. The Balaban J connectivity index is 1.60. The fourth-order valence-corrected chi connectivity index (χ4v) is 4.26. The van der Waals surface area contributed by atoms with Crippen LogP contribution in [0.25, 0.3) is 17.0 Å². The van der Waals surface area contributed by atoms with Crippen LogP contribution in [0.15, 0.2) is 89.1 Å². The van der Waals surface area contributed by atoms with E-state index >= 15 is 0 Å². The molecule has 0 spiro atoms. The first-order valence-corrected chi connectivity index (χ1v) is 11.5. The molecular formula is C27H23ClN4O3. The first kappa shape index (κ1) is 22.7. The van der Waals surface area contributed by atoms with Crippen LogP contribution in [0.4, 0.5) is 4.79 Å². The average molecular weight is 487 g/mol. The van der Waals surface area contributed by atoms with Gasteiger partial charge in [-0.2, -0.15) is 4.98 Å². The Morgan fingerprint density at radius 2 is 1.83 bits per heavy atom. The lowest BCUT2D eigenvalue weighted by Crippen LogP contribution is -2.45. The van der Waals surface area contributed by atoms with E-state index in [2.05, 4.69) is 15.5 Å². The van der Waals surface area contributed by atoms with Crippen molar-refractivity contribution in [3.05, 3.63) is 107 Å². The molecule has 1 aliphatic rings. The van der Waals surface area contributed by atoms with E-state index < -0.39 is 6.04 Å². The molecule has 5 rings (SSSR count). The van der Waals surface area contributed by atoms with Crippen LogP contribution in [0, 0.1) is 0 Å². The number of hydrogen-bond donors (Lipinski definition) is 1. The number of allylic oxidation sites excluding steroid dienone is 1. The number of rotatable bonds is 6. The van der Waals surface area contributed by atoms with Gasteiger partial charge >= 0.3 is 6.03 Å². The largest absolute Gasteiger partial charge is 0.497 e. The van der Waals surface area contributed by atoms with Gasteiger partial charge in [-0.05, 0) is 54.4 Å². The molecule has 0 radical (unpaired) electrons. The van der Waals surface area contributed by atoms with E-state index in [1.165, 1.54) is 0 Å². The minimum Gasteiger partial charge on any atom is -0.497 e. The number of urea groups is 1. The number of aromatic nitrogens is 2. The third-order valence-electron chi connectivity index (χ3n) is 5.97. The zero-order chi connectivity index (χ0) is 24.4. The third-order valence-corrected chi connectivity index (χ3v) is 6.22. The van der Waals surface area contributed by atoms with Crippen LogP contribution in [-0.4, -0.2) is 28.2 Å². The number of nitrogens with one attached hydrogen (secondary N) is 1. The summed E-state index contributed by atoms with van der Waals surface area (Å²) < 4.78 is 11.2. The zero-order valence-electron chi connectivity index (χ0n) is 19.2. The number of ether oxygens (including phenoxy) is 1. The second-order valence-corrected chi connectivity index (χ2v) is 8.60. The molecule has 176 valence electrons. The van der Waals surface area contributed by atoms with Crippen LogP contribution >= 0.6 is 11.6 Å². The monoisotopic (exact) mass is 486 g/mol. The SMILES string of the molecule is COc1cccc(C2NC(=O)N(Cc3ccccc3)C(C)=C2c2nc(-c3ccc(Cl)cc3)no2)c1. The molecule has 2 heterocycles. The van der Waals surface area contributed by atoms with Gasteiger partial charge in [-0.1, -0.05) is 59.2 Å². The molecule has 0 bridgehead atoms. The summed E-state index contributed by atoms with van der Waals surface area (Å²) in [7, 11) is 1.61. The van der Waals surface area contributed by atoms with Crippen LogP contribution in [0.2, 0.25) is 5.02 Å². The van der Waals surface area contributed by atoms with Crippen LogP contribution < -0.4 is 10.1 Å². The quantitative estimate of drug-likeness (QED) is 0.356.